The second-order valence-electron chi connectivity index (χ2n) is 4.72. The zero-order chi connectivity index (χ0) is 15.9. The van der Waals surface area contributed by atoms with Crippen molar-refractivity contribution in [3.8, 4) is 0 Å². The van der Waals surface area contributed by atoms with Crippen LogP contribution in [0.15, 0.2) is 53.6 Å². The molecule has 0 atom stereocenters. The first-order valence-electron chi connectivity index (χ1n) is 6.44. The lowest BCUT2D eigenvalue weighted by atomic mass is 10.2. The second-order valence-corrected chi connectivity index (χ2v) is 6.51. The van der Waals surface area contributed by atoms with E-state index in [0.29, 0.717) is 5.39 Å². The van der Waals surface area contributed by atoms with Crippen molar-refractivity contribution in [3.63, 3.8) is 0 Å². The molecule has 22 heavy (non-hydrogen) atoms. The third-order valence-corrected chi connectivity index (χ3v) is 5.21. The van der Waals surface area contributed by atoms with Gasteiger partial charge in [0.2, 0.25) is 0 Å². The van der Waals surface area contributed by atoms with Crippen LogP contribution in [0.1, 0.15) is 16.1 Å². The number of hydrogen-bond donors (Lipinski definition) is 1. The smallest absolute Gasteiger partial charge is 0.338 e. The van der Waals surface area contributed by atoms with Crippen molar-refractivity contribution in [3.05, 3.63) is 59.9 Å². The van der Waals surface area contributed by atoms with E-state index >= 15 is 0 Å². The molecule has 1 N–H and O–H groups in total. The average Bonchev–Trinajstić information content (AvgIpc) is 2.80. The van der Waals surface area contributed by atoms with Crippen molar-refractivity contribution in [2.24, 2.45) is 0 Å². The Kier molecular flexibility index (Phi) is 3.22. The van der Waals surface area contributed by atoms with Crippen molar-refractivity contribution in [1.29, 1.82) is 0 Å². The molecular formula is C15H12N2O4S. The maximum atomic E-state index is 12.8. The number of carboxylic acid groups (broad SMARTS) is 1. The van der Waals surface area contributed by atoms with Crippen LogP contribution >= 0.6 is 0 Å². The van der Waals surface area contributed by atoms with Gasteiger partial charge in [-0.2, -0.15) is 0 Å². The lowest BCUT2D eigenvalue weighted by Gasteiger charge is -2.09. The first kappa shape index (κ1) is 14.3. The molecule has 112 valence electrons. The Morgan fingerprint density at radius 3 is 2.45 bits per heavy atom. The zero-order valence-electron chi connectivity index (χ0n) is 11.6. The van der Waals surface area contributed by atoms with Gasteiger partial charge in [-0.15, -0.1) is 0 Å². The molecule has 1 aromatic carbocycles. The Morgan fingerprint density at radius 1 is 1.14 bits per heavy atom. The molecule has 7 heteroatoms. The Hall–Kier alpha value is -2.67. The molecule has 2 heterocycles. The summed E-state index contributed by atoms with van der Waals surface area (Å²) in [6.07, 6.45) is 1.43. The number of pyridine rings is 1. The molecular weight excluding hydrogens is 304 g/mol. The quantitative estimate of drug-likeness (QED) is 0.800. The van der Waals surface area contributed by atoms with Gasteiger partial charge in [0.1, 0.15) is 0 Å². The molecule has 0 aliphatic rings. The summed E-state index contributed by atoms with van der Waals surface area (Å²) in [5.74, 6) is -1.18. The van der Waals surface area contributed by atoms with Crippen molar-refractivity contribution in [2.75, 3.05) is 0 Å². The van der Waals surface area contributed by atoms with Crippen LogP contribution in [0.3, 0.4) is 0 Å². The molecule has 2 aromatic heterocycles. The third kappa shape index (κ3) is 1.98. The summed E-state index contributed by atoms with van der Waals surface area (Å²) in [5.41, 5.74) is 0.189. The fourth-order valence-corrected chi connectivity index (χ4v) is 4.01. The third-order valence-electron chi connectivity index (χ3n) is 3.41. The number of nitrogens with zero attached hydrogens (tertiary/aromatic N) is 2. The highest BCUT2D eigenvalue weighted by Crippen LogP contribution is 2.28. The van der Waals surface area contributed by atoms with Crippen LogP contribution in [0.4, 0.5) is 0 Å². The summed E-state index contributed by atoms with van der Waals surface area (Å²) in [5, 5.41) is 9.68. The van der Waals surface area contributed by atoms with E-state index in [4.69, 9.17) is 0 Å². The Labute approximate surface area is 126 Å². The summed E-state index contributed by atoms with van der Waals surface area (Å²) in [7, 11) is -3.92. The number of benzene rings is 1. The Bertz CT molecular complexity index is 975. The van der Waals surface area contributed by atoms with E-state index < -0.39 is 16.0 Å². The number of aromatic nitrogens is 2. The monoisotopic (exact) mass is 316 g/mol. The minimum atomic E-state index is -3.92. The molecule has 3 rings (SSSR count). The van der Waals surface area contributed by atoms with Gasteiger partial charge in [-0.3, -0.25) is 0 Å². The predicted molar refractivity (Wildman–Crippen MR) is 80.5 cm³/mol. The number of rotatable bonds is 3. The standard InChI is InChI=1S/C15H12N2O4S/c1-10-13(15(18)19)12-8-5-9-16-14(12)17(10)22(20,21)11-6-3-2-4-7-11/h2-9H,1H3,(H,18,19). The molecule has 0 radical (unpaired) electrons. The van der Waals surface area contributed by atoms with Gasteiger partial charge in [-0.25, -0.2) is 22.2 Å². The minimum absolute atomic E-state index is 0.0531. The van der Waals surface area contributed by atoms with Crippen LogP contribution in [0.25, 0.3) is 11.0 Å². The van der Waals surface area contributed by atoms with Gasteiger partial charge in [-0.05, 0) is 31.2 Å². The number of hydrogen-bond acceptors (Lipinski definition) is 4. The molecule has 0 saturated carbocycles. The van der Waals surface area contributed by atoms with Crippen LogP contribution in [-0.4, -0.2) is 28.5 Å². The fourth-order valence-electron chi connectivity index (χ4n) is 2.47. The highest BCUT2D eigenvalue weighted by Gasteiger charge is 2.27. The number of carbonyl (C=O) groups is 1. The SMILES string of the molecule is Cc1c(C(=O)O)c2cccnc2n1S(=O)(=O)c1ccccc1. The van der Waals surface area contributed by atoms with Gasteiger partial charge >= 0.3 is 5.97 Å². The van der Waals surface area contributed by atoms with E-state index in [1.54, 1.807) is 30.3 Å². The second kappa shape index (κ2) is 4.96. The maximum absolute atomic E-state index is 12.8. The molecule has 0 aliphatic heterocycles. The average molecular weight is 316 g/mol. The number of fused-ring (bicyclic) bond motifs is 1. The van der Waals surface area contributed by atoms with Gasteiger partial charge in [0.15, 0.2) is 5.65 Å². The number of carboxylic acids is 1. The summed E-state index contributed by atoms with van der Waals surface area (Å²) in [4.78, 5) is 15.6. The molecule has 0 spiro atoms. The fraction of sp³-hybridized carbons (Fsp3) is 0.0667. The van der Waals surface area contributed by atoms with Crippen LogP contribution in [-0.2, 0) is 10.0 Å². The van der Waals surface area contributed by atoms with E-state index in [2.05, 4.69) is 4.98 Å². The molecule has 0 amide bonds. The molecule has 0 fully saturated rings. The van der Waals surface area contributed by atoms with Gasteiger partial charge in [-0.1, -0.05) is 18.2 Å². The Balaban J connectivity index is 2.42. The first-order valence-corrected chi connectivity index (χ1v) is 7.88. The number of aromatic carboxylic acids is 1. The minimum Gasteiger partial charge on any atom is -0.478 e. The lowest BCUT2D eigenvalue weighted by Crippen LogP contribution is -2.15. The molecule has 6 nitrogen and oxygen atoms in total. The van der Waals surface area contributed by atoms with Crippen LogP contribution in [0, 0.1) is 6.92 Å². The molecule has 0 bridgehead atoms. The van der Waals surface area contributed by atoms with E-state index in [-0.39, 0.29) is 21.8 Å². The van der Waals surface area contributed by atoms with Gasteiger partial charge < -0.3 is 5.11 Å². The van der Waals surface area contributed by atoms with E-state index in [1.165, 1.54) is 25.3 Å². The van der Waals surface area contributed by atoms with E-state index in [9.17, 15) is 18.3 Å². The van der Waals surface area contributed by atoms with Gasteiger partial charge in [0.05, 0.1) is 10.5 Å². The first-order chi connectivity index (χ1) is 10.4. The maximum Gasteiger partial charge on any atom is 0.338 e. The van der Waals surface area contributed by atoms with E-state index in [1.807, 2.05) is 0 Å². The molecule has 0 saturated heterocycles. The summed E-state index contributed by atoms with van der Waals surface area (Å²) < 4.78 is 26.7. The van der Waals surface area contributed by atoms with Crippen LogP contribution < -0.4 is 0 Å². The molecule has 0 aliphatic carbocycles. The van der Waals surface area contributed by atoms with Crippen molar-refractivity contribution in [2.45, 2.75) is 11.8 Å². The lowest BCUT2D eigenvalue weighted by molar-refractivity contribution is 0.0698. The summed E-state index contributed by atoms with van der Waals surface area (Å²) >= 11 is 0. The van der Waals surface area contributed by atoms with E-state index in [0.717, 1.165) is 3.97 Å². The summed E-state index contributed by atoms with van der Waals surface area (Å²) in [6, 6.07) is 11.0. The van der Waals surface area contributed by atoms with Gasteiger partial charge in [0.25, 0.3) is 10.0 Å². The molecule has 0 unspecified atom stereocenters. The van der Waals surface area contributed by atoms with Crippen molar-refractivity contribution < 1.29 is 18.3 Å². The highest BCUT2D eigenvalue weighted by molar-refractivity contribution is 7.90. The van der Waals surface area contributed by atoms with Gasteiger partial charge in [0, 0.05) is 17.3 Å². The Morgan fingerprint density at radius 2 is 1.82 bits per heavy atom. The van der Waals surface area contributed by atoms with Crippen molar-refractivity contribution in [1.82, 2.24) is 8.96 Å². The largest absolute Gasteiger partial charge is 0.478 e. The highest BCUT2D eigenvalue weighted by atomic mass is 32.2. The van der Waals surface area contributed by atoms with Crippen LogP contribution in [0.5, 0.6) is 0 Å². The zero-order valence-corrected chi connectivity index (χ0v) is 12.4. The molecule has 3 aromatic rings. The van der Waals surface area contributed by atoms with Crippen molar-refractivity contribution >= 4 is 27.0 Å². The normalized spacial score (nSPS) is 11.7. The predicted octanol–water partition coefficient (Wildman–Crippen LogP) is 2.28. The summed E-state index contributed by atoms with van der Waals surface area (Å²) in [6.45, 7) is 1.46. The topological polar surface area (TPSA) is 89.3 Å². The van der Waals surface area contributed by atoms with Crippen LogP contribution in [0.2, 0.25) is 0 Å².